The summed E-state index contributed by atoms with van der Waals surface area (Å²) in [6, 6.07) is 12.7. The van der Waals surface area contributed by atoms with E-state index in [4.69, 9.17) is 5.90 Å². The summed E-state index contributed by atoms with van der Waals surface area (Å²) in [5.74, 6) is 6.19. The summed E-state index contributed by atoms with van der Waals surface area (Å²) in [6.07, 6.45) is 4.57. The van der Waals surface area contributed by atoms with Gasteiger partial charge in [-0.25, -0.2) is 0 Å². The molecule has 121 valence electrons. The van der Waals surface area contributed by atoms with Crippen molar-refractivity contribution in [2.75, 3.05) is 7.11 Å². The van der Waals surface area contributed by atoms with Gasteiger partial charge in [0.15, 0.2) is 0 Å². The first-order valence-corrected chi connectivity index (χ1v) is 8.24. The molecule has 23 heavy (non-hydrogen) atoms. The Morgan fingerprint density at radius 3 is 2.30 bits per heavy atom. The van der Waals surface area contributed by atoms with Crippen LogP contribution in [0.25, 0.3) is 5.90 Å². The van der Waals surface area contributed by atoms with Gasteiger partial charge in [0.1, 0.15) is 5.75 Å². The van der Waals surface area contributed by atoms with Gasteiger partial charge in [0, 0.05) is 49.6 Å². The molecule has 0 amide bonds. The van der Waals surface area contributed by atoms with E-state index in [1.165, 1.54) is 41.5 Å². The number of benzene rings is 2. The van der Waals surface area contributed by atoms with Gasteiger partial charge in [-0.1, -0.05) is 29.5 Å². The van der Waals surface area contributed by atoms with Crippen LogP contribution in [0, 0.1) is 6.92 Å². The topological polar surface area (TPSA) is 53.3 Å². The quantitative estimate of drug-likeness (QED) is 0.688. The smallest absolute Gasteiger partial charge is 0.120 e. The third-order valence-electron chi connectivity index (χ3n) is 3.67. The van der Waals surface area contributed by atoms with E-state index in [9.17, 15) is 5.11 Å². The average Bonchev–Trinajstić information content (AvgIpc) is 2.51. The Kier molecular flexibility index (Phi) is 9.41. The maximum atomic E-state index is 10.1. The van der Waals surface area contributed by atoms with Crippen molar-refractivity contribution < 1.29 is 42.7 Å². The molecule has 2 aromatic carbocycles. The molecule has 0 spiro atoms. The molecule has 0 heterocycles. The normalized spacial score (nSPS) is 12.5. The van der Waals surface area contributed by atoms with Crippen LogP contribution in [0.3, 0.4) is 0 Å². The van der Waals surface area contributed by atoms with Crippen LogP contribution in [-0.2, 0) is 50.4 Å². The van der Waals surface area contributed by atoms with Crippen LogP contribution in [0.4, 0.5) is 0 Å². The Morgan fingerprint density at radius 2 is 1.65 bits per heavy atom. The van der Waals surface area contributed by atoms with Gasteiger partial charge in [0.25, 0.3) is 0 Å². The van der Waals surface area contributed by atoms with Crippen molar-refractivity contribution in [3.63, 3.8) is 0 Å². The Bertz CT molecular complexity index is 617. The Labute approximate surface area is 167 Å². The summed E-state index contributed by atoms with van der Waals surface area (Å²) in [6.45, 7) is 2.10. The fraction of sp³-hybridized carbons (Fsp3) is 0.333. The second-order valence-corrected chi connectivity index (χ2v) is 6.55. The zero-order valence-corrected chi connectivity index (χ0v) is 17.3. The Morgan fingerprint density at radius 1 is 1.04 bits per heavy atom. The average molecular weight is 405 g/mol. The summed E-state index contributed by atoms with van der Waals surface area (Å²) in [4.78, 5) is 5.86. The molecule has 0 saturated heterocycles. The van der Waals surface area contributed by atoms with E-state index in [1.807, 2.05) is 6.07 Å². The minimum atomic E-state index is 0. The number of hydrogen-bond donors (Lipinski definition) is 1. The predicted octanol–water partition coefficient (Wildman–Crippen LogP) is 5.33. The SMILES string of the molecule is CO[NH-].Cc1ccc(Sc2cc(O)c3c(c2)CCCC3)cc1.[Y]. The fourth-order valence-corrected chi connectivity index (χ4v) is 3.53. The van der Waals surface area contributed by atoms with E-state index in [0.29, 0.717) is 5.75 Å². The molecule has 0 fully saturated rings. The van der Waals surface area contributed by atoms with Crippen LogP contribution in [0.5, 0.6) is 5.75 Å². The van der Waals surface area contributed by atoms with E-state index >= 15 is 0 Å². The number of nitrogens with one attached hydrogen (secondary N) is 1. The van der Waals surface area contributed by atoms with Gasteiger partial charge in [-0.3, -0.25) is 0 Å². The zero-order valence-electron chi connectivity index (χ0n) is 13.6. The number of rotatable bonds is 2. The summed E-state index contributed by atoms with van der Waals surface area (Å²) in [5.41, 5.74) is 3.78. The van der Waals surface area contributed by atoms with Crippen molar-refractivity contribution in [1.29, 1.82) is 0 Å². The molecule has 1 aliphatic carbocycles. The molecule has 1 radical (unpaired) electrons. The third-order valence-corrected chi connectivity index (χ3v) is 4.65. The minimum absolute atomic E-state index is 0. The van der Waals surface area contributed by atoms with E-state index in [0.717, 1.165) is 17.7 Å². The molecule has 0 saturated carbocycles. The van der Waals surface area contributed by atoms with Gasteiger partial charge >= 0.3 is 0 Å². The van der Waals surface area contributed by atoms with E-state index < -0.39 is 0 Å². The first kappa shape index (κ1) is 20.7. The Balaban J connectivity index is 0.000000615. The molecule has 3 rings (SSSR count). The molecule has 0 aliphatic heterocycles. The van der Waals surface area contributed by atoms with Crippen LogP contribution >= 0.6 is 11.8 Å². The number of phenols is 1. The number of fused-ring (bicyclic) bond motifs is 1. The minimum Gasteiger partial charge on any atom is -0.550 e. The van der Waals surface area contributed by atoms with Gasteiger partial charge in [0.05, 0.1) is 0 Å². The summed E-state index contributed by atoms with van der Waals surface area (Å²) in [5, 5.41) is 10.1. The van der Waals surface area contributed by atoms with Gasteiger partial charge < -0.3 is 15.8 Å². The van der Waals surface area contributed by atoms with Gasteiger partial charge in [-0.2, -0.15) is 0 Å². The van der Waals surface area contributed by atoms with Gasteiger partial charge in [-0.05, 0) is 68.0 Å². The maximum absolute atomic E-state index is 10.1. The maximum Gasteiger partial charge on any atom is 0.120 e. The zero-order chi connectivity index (χ0) is 15.9. The van der Waals surface area contributed by atoms with Gasteiger partial charge in [-0.15, -0.1) is 0 Å². The summed E-state index contributed by atoms with van der Waals surface area (Å²) < 4.78 is 0. The first-order chi connectivity index (χ1) is 10.6. The predicted molar refractivity (Wildman–Crippen MR) is 91.4 cm³/mol. The molecule has 1 aliphatic rings. The van der Waals surface area contributed by atoms with E-state index in [-0.39, 0.29) is 32.7 Å². The van der Waals surface area contributed by atoms with Crippen molar-refractivity contribution in [3.8, 4) is 5.75 Å². The van der Waals surface area contributed by atoms with Crippen molar-refractivity contribution in [3.05, 3.63) is 59.0 Å². The largest absolute Gasteiger partial charge is 0.550 e. The number of aryl methyl sites for hydroxylation is 2. The first-order valence-electron chi connectivity index (χ1n) is 7.43. The molecule has 0 bridgehead atoms. The Hall–Kier alpha value is -0.386. The van der Waals surface area contributed by atoms with Crippen LogP contribution in [0.1, 0.15) is 29.5 Å². The van der Waals surface area contributed by atoms with Crippen LogP contribution in [0.2, 0.25) is 0 Å². The number of hydrogen-bond acceptors (Lipinski definition) is 3. The van der Waals surface area contributed by atoms with Crippen LogP contribution in [-0.4, -0.2) is 12.2 Å². The second kappa shape index (κ2) is 10.5. The molecular weight excluding hydrogens is 383 g/mol. The molecule has 2 N–H and O–H groups in total. The van der Waals surface area contributed by atoms with Crippen molar-refractivity contribution in [2.24, 2.45) is 0 Å². The molecule has 0 atom stereocenters. The summed E-state index contributed by atoms with van der Waals surface area (Å²) >= 11 is 1.72. The van der Waals surface area contributed by atoms with Gasteiger partial charge in [0.2, 0.25) is 0 Å². The summed E-state index contributed by atoms with van der Waals surface area (Å²) in [7, 11) is 1.29. The van der Waals surface area contributed by atoms with Crippen LogP contribution < -0.4 is 0 Å². The second-order valence-electron chi connectivity index (χ2n) is 5.41. The van der Waals surface area contributed by atoms with Crippen molar-refractivity contribution in [1.82, 2.24) is 0 Å². The number of phenolic OH excluding ortho intramolecular Hbond substituents is 1. The molecule has 0 unspecified atom stereocenters. The molecule has 2 aromatic rings. The van der Waals surface area contributed by atoms with E-state index in [2.05, 4.69) is 42.1 Å². The molecule has 5 heteroatoms. The standard InChI is InChI=1S/C17H18OS.CH4NO.Y/c1-12-6-8-14(9-7-12)19-15-10-13-4-2-3-5-16(13)17(18)11-15;1-3-2;/h6-11,18H,2-5H2,1H3;2H,1H3;/q;-1;. The van der Waals surface area contributed by atoms with Crippen LogP contribution in [0.15, 0.2) is 46.2 Å². The van der Waals surface area contributed by atoms with Crippen molar-refractivity contribution >= 4 is 11.8 Å². The monoisotopic (exact) mass is 405 g/mol. The third kappa shape index (κ3) is 6.20. The molecule has 3 nitrogen and oxygen atoms in total. The molecule has 0 aromatic heterocycles. The van der Waals surface area contributed by atoms with Crippen molar-refractivity contribution in [2.45, 2.75) is 42.4 Å². The molecular formula is C18H22NO2SY-. The number of aromatic hydroxyl groups is 1. The fourth-order valence-electron chi connectivity index (χ4n) is 2.62. The van der Waals surface area contributed by atoms with E-state index in [1.54, 1.807) is 11.8 Å².